The Hall–Kier alpha value is -2.25. The Morgan fingerprint density at radius 1 is 1.38 bits per heavy atom. The summed E-state index contributed by atoms with van der Waals surface area (Å²) in [5.74, 6) is 0.0373. The molecule has 1 aromatic carbocycles. The van der Waals surface area contributed by atoms with Gasteiger partial charge in [-0.05, 0) is 36.6 Å². The topological polar surface area (TPSA) is 78.5 Å². The van der Waals surface area contributed by atoms with Gasteiger partial charge in [-0.2, -0.15) is 5.10 Å². The molecule has 0 radical (unpaired) electrons. The summed E-state index contributed by atoms with van der Waals surface area (Å²) < 4.78 is 19.0. The van der Waals surface area contributed by atoms with E-state index < -0.39 is 5.60 Å². The molecule has 138 valence electrons. The molecule has 1 saturated carbocycles. The Kier molecular flexibility index (Phi) is 4.50. The summed E-state index contributed by atoms with van der Waals surface area (Å²) >= 11 is 0. The zero-order valence-electron chi connectivity index (χ0n) is 14.4. The van der Waals surface area contributed by atoms with Gasteiger partial charge < -0.3 is 14.7 Å². The maximum Gasteiger partial charge on any atom is 0.274 e. The number of aromatic nitrogens is 2. The third-order valence-corrected chi connectivity index (χ3v) is 5.10. The highest BCUT2D eigenvalue weighted by Crippen LogP contribution is 2.39. The zero-order chi connectivity index (χ0) is 18.1. The van der Waals surface area contributed by atoms with Crippen LogP contribution in [-0.4, -0.2) is 58.0 Å². The fraction of sp³-hybridized carbons (Fsp3) is 0.474. The SMILES string of the molecule is O=C(c1cc(C2CC2)[nH]n1)N1CCOC(CO)(Cc2ccc(F)cc2)C1. The van der Waals surface area contributed by atoms with Crippen LogP contribution >= 0.6 is 0 Å². The van der Waals surface area contributed by atoms with Gasteiger partial charge in [-0.25, -0.2) is 4.39 Å². The summed E-state index contributed by atoms with van der Waals surface area (Å²) in [6, 6.07) is 7.94. The fourth-order valence-corrected chi connectivity index (χ4v) is 3.46. The second kappa shape index (κ2) is 6.81. The predicted octanol–water partition coefficient (Wildman–Crippen LogP) is 1.87. The van der Waals surface area contributed by atoms with Crippen LogP contribution in [0.3, 0.4) is 0 Å². The molecule has 1 aromatic heterocycles. The molecule has 2 N–H and O–H groups in total. The van der Waals surface area contributed by atoms with Gasteiger partial charge in [0.1, 0.15) is 17.1 Å². The number of benzene rings is 1. The summed E-state index contributed by atoms with van der Waals surface area (Å²) in [6.07, 6.45) is 2.68. The first kappa shape index (κ1) is 17.2. The minimum Gasteiger partial charge on any atom is -0.393 e. The number of aliphatic hydroxyl groups is 1. The molecule has 2 aliphatic rings. The van der Waals surface area contributed by atoms with Crippen LogP contribution in [0.4, 0.5) is 4.39 Å². The molecular weight excluding hydrogens is 337 g/mol. The summed E-state index contributed by atoms with van der Waals surface area (Å²) in [7, 11) is 0. The highest BCUT2D eigenvalue weighted by atomic mass is 19.1. The highest BCUT2D eigenvalue weighted by molar-refractivity contribution is 5.92. The van der Waals surface area contributed by atoms with Crippen molar-refractivity contribution in [3.63, 3.8) is 0 Å². The smallest absolute Gasteiger partial charge is 0.274 e. The van der Waals surface area contributed by atoms with Crippen LogP contribution in [0.2, 0.25) is 0 Å². The molecular formula is C19H22FN3O3. The molecule has 2 aromatic rings. The van der Waals surface area contributed by atoms with Crippen LogP contribution in [0, 0.1) is 5.82 Å². The van der Waals surface area contributed by atoms with E-state index >= 15 is 0 Å². The first-order chi connectivity index (χ1) is 12.6. The number of carbonyl (C=O) groups is 1. The van der Waals surface area contributed by atoms with Gasteiger partial charge in [0.15, 0.2) is 0 Å². The van der Waals surface area contributed by atoms with Crippen molar-refractivity contribution in [3.8, 4) is 0 Å². The average molecular weight is 359 g/mol. The van der Waals surface area contributed by atoms with E-state index in [1.165, 1.54) is 12.1 Å². The molecule has 6 nitrogen and oxygen atoms in total. The van der Waals surface area contributed by atoms with Gasteiger partial charge >= 0.3 is 0 Å². The van der Waals surface area contributed by atoms with Crippen LogP contribution in [-0.2, 0) is 11.2 Å². The molecule has 2 fully saturated rings. The molecule has 4 rings (SSSR count). The van der Waals surface area contributed by atoms with Crippen molar-refractivity contribution in [2.45, 2.75) is 30.8 Å². The van der Waals surface area contributed by atoms with Gasteiger partial charge in [-0.3, -0.25) is 9.89 Å². The predicted molar refractivity (Wildman–Crippen MR) is 92.3 cm³/mol. The molecule has 2 heterocycles. The molecule has 7 heteroatoms. The van der Waals surface area contributed by atoms with Crippen molar-refractivity contribution in [1.82, 2.24) is 15.1 Å². The number of aliphatic hydroxyl groups excluding tert-OH is 1. The number of ether oxygens (including phenoxy) is 1. The maximum absolute atomic E-state index is 13.1. The largest absolute Gasteiger partial charge is 0.393 e. The van der Waals surface area contributed by atoms with E-state index in [-0.39, 0.29) is 24.9 Å². The van der Waals surface area contributed by atoms with Crippen molar-refractivity contribution in [2.75, 3.05) is 26.3 Å². The van der Waals surface area contributed by atoms with Gasteiger partial charge in [0.2, 0.25) is 0 Å². The number of morpholine rings is 1. The second-order valence-corrected chi connectivity index (χ2v) is 7.20. The summed E-state index contributed by atoms with van der Waals surface area (Å²) in [5.41, 5.74) is 1.38. The summed E-state index contributed by atoms with van der Waals surface area (Å²) in [4.78, 5) is 14.5. The Morgan fingerprint density at radius 3 is 2.85 bits per heavy atom. The van der Waals surface area contributed by atoms with E-state index in [0.717, 1.165) is 24.1 Å². The van der Waals surface area contributed by atoms with Crippen LogP contribution in [0.15, 0.2) is 30.3 Å². The number of carbonyl (C=O) groups excluding carboxylic acids is 1. The molecule has 1 amide bonds. The molecule has 0 bridgehead atoms. The molecule has 1 unspecified atom stereocenters. The number of halogens is 1. The van der Waals surface area contributed by atoms with E-state index in [1.54, 1.807) is 17.0 Å². The number of nitrogens with zero attached hydrogens (tertiary/aromatic N) is 2. The number of amides is 1. The number of H-pyrrole nitrogens is 1. The first-order valence-corrected chi connectivity index (χ1v) is 8.92. The first-order valence-electron chi connectivity index (χ1n) is 8.92. The average Bonchev–Trinajstić information content (AvgIpc) is 3.40. The Bertz CT molecular complexity index is 788. The number of aromatic amines is 1. The van der Waals surface area contributed by atoms with Crippen molar-refractivity contribution >= 4 is 5.91 Å². The zero-order valence-corrected chi connectivity index (χ0v) is 14.4. The summed E-state index contributed by atoms with van der Waals surface area (Å²) in [5, 5.41) is 17.1. The molecule has 26 heavy (non-hydrogen) atoms. The van der Waals surface area contributed by atoms with E-state index in [2.05, 4.69) is 10.2 Å². The monoisotopic (exact) mass is 359 g/mol. The number of nitrogens with one attached hydrogen (secondary N) is 1. The highest BCUT2D eigenvalue weighted by Gasteiger charge is 2.39. The fourth-order valence-electron chi connectivity index (χ4n) is 3.46. The van der Waals surface area contributed by atoms with Crippen molar-refractivity contribution in [2.24, 2.45) is 0 Å². The number of hydrogen-bond acceptors (Lipinski definition) is 4. The molecule has 1 aliphatic carbocycles. The lowest BCUT2D eigenvalue weighted by Gasteiger charge is -2.41. The van der Waals surface area contributed by atoms with Gasteiger partial charge in [0.05, 0.1) is 19.8 Å². The lowest BCUT2D eigenvalue weighted by molar-refractivity contribution is -0.123. The van der Waals surface area contributed by atoms with Gasteiger partial charge in [-0.1, -0.05) is 12.1 Å². The third-order valence-electron chi connectivity index (χ3n) is 5.10. The molecule has 1 aliphatic heterocycles. The van der Waals surface area contributed by atoms with Crippen molar-refractivity contribution in [3.05, 3.63) is 53.1 Å². The van der Waals surface area contributed by atoms with Crippen molar-refractivity contribution < 1.29 is 19.0 Å². The van der Waals surface area contributed by atoms with Crippen LogP contribution < -0.4 is 0 Å². The minimum atomic E-state index is -0.888. The van der Waals surface area contributed by atoms with E-state index in [9.17, 15) is 14.3 Å². The van der Waals surface area contributed by atoms with Crippen LogP contribution in [0.5, 0.6) is 0 Å². The second-order valence-electron chi connectivity index (χ2n) is 7.20. The van der Waals surface area contributed by atoms with Gasteiger partial charge in [0, 0.05) is 24.6 Å². The normalized spacial score (nSPS) is 23.2. The molecule has 1 saturated heterocycles. The van der Waals surface area contributed by atoms with E-state index in [4.69, 9.17) is 4.74 Å². The van der Waals surface area contributed by atoms with E-state index in [1.807, 2.05) is 6.07 Å². The Labute approximate surface area is 151 Å². The van der Waals surface area contributed by atoms with Crippen LogP contribution in [0.1, 0.15) is 40.5 Å². The third kappa shape index (κ3) is 3.50. The van der Waals surface area contributed by atoms with Crippen LogP contribution in [0.25, 0.3) is 0 Å². The van der Waals surface area contributed by atoms with Crippen molar-refractivity contribution in [1.29, 1.82) is 0 Å². The number of rotatable bonds is 5. The van der Waals surface area contributed by atoms with E-state index in [0.29, 0.717) is 31.2 Å². The van der Waals surface area contributed by atoms with Gasteiger partial charge in [0.25, 0.3) is 5.91 Å². The molecule has 0 spiro atoms. The quantitative estimate of drug-likeness (QED) is 0.854. The minimum absolute atomic E-state index is 0.159. The lowest BCUT2D eigenvalue weighted by atomic mass is 9.93. The van der Waals surface area contributed by atoms with Gasteiger partial charge in [-0.15, -0.1) is 0 Å². The number of hydrogen-bond donors (Lipinski definition) is 2. The lowest BCUT2D eigenvalue weighted by Crippen LogP contribution is -2.56. The Morgan fingerprint density at radius 2 is 2.15 bits per heavy atom. The summed E-state index contributed by atoms with van der Waals surface area (Å²) in [6.45, 7) is 0.844. The standard InChI is InChI=1S/C19H22FN3O3/c20-15-5-1-13(2-6-15)10-19(12-24)11-23(7-8-26-19)18(25)17-9-16(21-22-17)14-3-4-14/h1-2,5-6,9,14,24H,3-4,7-8,10-12H2,(H,21,22). The molecule has 1 atom stereocenters. The maximum atomic E-state index is 13.1. The Balaban J connectivity index is 1.48.